The predicted molar refractivity (Wildman–Crippen MR) is 118 cm³/mol. The molecule has 1 saturated heterocycles. The number of carbonyl (C=O) groups is 1. The van der Waals surface area contributed by atoms with E-state index >= 15 is 0 Å². The number of hydrogen-bond donors (Lipinski definition) is 2. The molecule has 1 amide bonds. The van der Waals surface area contributed by atoms with Crippen molar-refractivity contribution in [3.05, 3.63) is 35.4 Å². The molecule has 0 aliphatic carbocycles. The van der Waals surface area contributed by atoms with Crippen LogP contribution >= 0.6 is 0 Å². The van der Waals surface area contributed by atoms with E-state index in [0.717, 1.165) is 55.2 Å². The van der Waals surface area contributed by atoms with Gasteiger partial charge in [0.2, 0.25) is 5.95 Å². The number of amides is 1. The Morgan fingerprint density at radius 2 is 1.87 bits per heavy atom. The lowest BCUT2D eigenvalue weighted by molar-refractivity contribution is 0.104. The number of nitrogens with zero attached hydrogens (tertiary/aromatic N) is 5. The summed E-state index contributed by atoms with van der Waals surface area (Å²) >= 11 is 0. The van der Waals surface area contributed by atoms with Crippen molar-refractivity contribution in [3.8, 4) is 11.3 Å². The molecule has 0 saturated carbocycles. The summed E-state index contributed by atoms with van der Waals surface area (Å²) in [4.78, 5) is 26.8. The fourth-order valence-electron chi connectivity index (χ4n) is 4.54. The number of hydrogen-bond acceptors (Lipinski definition) is 6. The second kappa shape index (κ2) is 8.10. The monoisotopic (exact) mass is 410 g/mol. The molecule has 1 aromatic heterocycles. The third kappa shape index (κ3) is 3.92. The molecule has 0 spiro atoms. The molecule has 1 atom stereocenters. The predicted octanol–water partition coefficient (Wildman–Crippen LogP) is 2.71. The summed E-state index contributed by atoms with van der Waals surface area (Å²) < 4.78 is 0. The first-order valence-electron chi connectivity index (χ1n) is 10.5. The van der Waals surface area contributed by atoms with E-state index in [1.165, 1.54) is 5.56 Å². The van der Waals surface area contributed by atoms with Crippen molar-refractivity contribution in [1.29, 1.82) is 0 Å². The third-order valence-corrected chi connectivity index (χ3v) is 6.15. The minimum absolute atomic E-state index is 0.164. The highest BCUT2D eigenvalue weighted by atomic mass is 16.4. The van der Waals surface area contributed by atoms with Gasteiger partial charge >= 0.3 is 6.09 Å². The highest BCUT2D eigenvalue weighted by Gasteiger charge is 2.33. The Morgan fingerprint density at radius 3 is 2.53 bits per heavy atom. The van der Waals surface area contributed by atoms with Gasteiger partial charge in [0, 0.05) is 44.4 Å². The van der Waals surface area contributed by atoms with Crippen LogP contribution < -0.4 is 10.6 Å². The van der Waals surface area contributed by atoms with Gasteiger partial charge in [-0.1, -0.05) is 26.0 Å². The van der Waals surface area contributed by atoms with Crippen LogP contribution in [0.15, 0.2) is 24.3 Å². The molecule has 3 N–H and O–H groups in total. The number of fused-ring (bicyclic) bond motifs is 1. The SMILES string of the molecule is CC(C)C1c2cc(-c3cc(N4CCN(C)CC4)nc(N)n3)ccc2CCN1C(=O)O. The molecule has 2 aliphatic rings. The van der Waals surface area contributed by atoms with E-state index < -0.39 is 6.09 Å². The van der Waals surface area contributed by atoms with Gasteiger partial charge in [0.25, 0.3) is 0 Å². The maximum Gasteiger partial charge on any atom is 0.407 e. The number of anilines is 2. The molecule has 2 aromatic rings. The number of piperazine rings is 1. The van der Waals surface area contributed by atoms with Gasteiger partial charge < -0.3 is 25.5 Å². The zero-order valence-electron chi connectivity index (χ0n) is 17.9. The molecule has 0 radical (unpaired) electrons. The van der Waals surface area contributed by atoms with E-state index in [9.17, 15) is 9.90 Å². The first-order chi connectivity index (χ1) is 14.3. The van der Waals surface area contributed by atoms with Gasteiger partial charge in [-0.3, -0.25) is 0 Å². The quantitative estimate of drug-likeness (QED) is 0.803. The Balaban J connectivity index is 1.71. The number of aromatic nitrogens is 2. The molecule has 30 heavy (non-hydrogen) atoms. The van der Waals surface area contributed by atoms with Crippen molar-refractivity contribution in [2.75, 3.05) is 50.4 Å². The van der Waals surface area contributed by atoms with E-state index in [2.05, 4.69) is 58.9 Å². The summed E-state index contributed by atoms with van der Waals surface area (Å²) in [6.07, 6.45) is -0.141. The number of nitrogen functional groups attached to an aromatic ring is 1. The number of rotatable bonds is 3. The number of carboxylic acid groups (broad SMARTS) is 1. The molecule has 1 aromatic carbocycles. The van der Waals surface area contributed by atoms with Crippen molar-refractivity contribution >= 4 is 17.9 Å². The van der Waals surface area contributed by atoms with Gasteiger partial charge in [-0.05, 0) is 36.6 Å². The molecule has 8 heteroatoms. The van der Waals surface area contributed by atoms with E-state index in [4.69, 9.17) is 5.73 Å². The number of likely N-dealkylation sites (N-methyl/N-ethyl adjacent to an activating group) is 1. The zero-order chi connectivity index (χ0) is 21.4. The van der Waals surface area contributed by atoms with Crippen molar-refractivity contribution in [2.45, 2.75) is 26.3 Å². The molecule has 160 valence electrons. The van der Waals surface area contributed by atoms with E-state index in [-0.39, 0.29) is 17.9 Å². The van der Waals surface area contributed by atoms with Crippen molar-refractivity contribution in [3.63, 3.8) is 0 Å². The van der Waals surface area contributed by atoms with E-state index in [1.54, 1.807) is 4.90 Å². The average molecular weight is 411 g/mol. The summed E-state index contributed by atoms with van der Waals surface area (Å²) in [6, 6.07) is 8.08. The number of benzene rings is 1. The number of nitrogens with two attached hydrogens (primary N) is 1. The van der Waals surface area contributed by atoms with Crippen LogP contribution in [0.4, 0.5) is 16.6 Å². The average Bonchev–Trinajstić information content (AvgIpc) is 2.72. The Labute approximate surface area is 177 Å². The van der Waals surface area contributed by atoms with Gasteiger partial charge in [0.15, 0.2) is 0 Å². The zero-order valence-corrected chi connectivity index (χ0v) is 17.9. The first kappa shape index (κ1) is 20.4. The van der Waals surface area contributed by atoms with Crippen LogP contribution in [-0.4, -0.2) is 70.7 Å². The standard InChI is InChI=1S/C22H30N6O2/c1-14(2)20-17-12-16(5-4-15(17)6-7-28(20)22(29)30)18-13-19(25-21(23)24-18)27-10-8-26(3)9-11-27/h4-5,12-14,20H,6-11H2,1-3H3,(H,29,30)(H2,23,24,25). The smallest absolute Gasteiger partial charge is 0.407 e. The van der Waals surface area contributed by atoms with Gasteiger partial charge in [-0.2, -0.15) is 4.98 Å². The molecular weight excluding hydrogens is 380 g/mol. The summed E-state index contributed by atoms with van der Waals surface area (Å²) in [7, 11) is 2.12. The minimum atomic E-state index is -0.867. The molecule has 8 nitrogen and oxygen atoms in total. The summed E-state index contributed by atoms with van der Waals surface area (Å²) in [6.45, 7) is 8.43. The normalized spacial score (nSPS) is 19.8. The van der Waals surface area contributed by atoms with Crippen LogP contribution in [-0.2, 0) is 6.42 Å². The van der Waals surface area contributed by atoms with Crippen LogP contribution in [0.5, 0.6) is 0 Å². The Morgan fingerprint density at radius 1 is 1.13 bits per heavy atom. The highest BCUT2D eigenvalue weighted by Crippen LogP contribution is 2.37. The molecule has 3 heterocycles. The van der Waals surface area contributed by atoms with Crippen LogP contribution in [0.25, 0.3) is 11.3 Å². The van der Waals surface area contributed by atoms with Crippen LogP contribution in [0.3, 0.4) is 0 Å². The Bertz CT molecular complexity index is 939. The molecule has 2 aliphatic heterocycles. The lowest BCUT2D eigenvalue weighted by Gasteiger charge is -2.38. The molecule has 1 unspecified atom stereocenters. The Hall–Kier alpha value is -2.87. The summed E-state index contributed by atoms with van der Waals surface area (Å²) in [5.74, 6) is 1.27. The molecule has 1 fully saturated rings. The maximum absolute atomic E-state index is 11.8. The second-order valence-corrected chi connectivity index (χ2v) is 8.59. The fourth-order valence-corrected chi connectivity index (χ4v) is 4.54. The van der Waals surface area contributed by atoms with Crippen molar-refractivity contribution in [1.82, 2.24) is 19.8 Å². The summed E-state index contributed by atoms with van der Waals surface area (Å²) in [5.41, 5.74) is 10.0. The van der Waals surface area contributed by atoms with Gasteiger partial charge in [-0.15, -0.1) is 0 Å². The second-order valence-electron chi connectivity index (χ2n) is 8.59. The van der Waals surface area contributed by atoms with Crippen LogP contribution in [0.1, 0.15) is 31.0 Å². The van der Waals surface area contributed by atoms with Gasteiger partial charge in [0.05, 0.1) is 11.7 Å². The molecular formula is C22H30N6O2. The first-order valence-corrected chi connectivity index (χ1v) is 10.5. The topological polar surface area (TPSA) is 98.8 Å². The van der Waals surface area contributed by atoms with Gasteiger partial charge in [-0.25, -0.2) is 9.78 Å². The van der Waals surface area contributed by atoms with E-state index in [0.29, 0.717) is 6.54 Å². The fraction of sp³-hybridized carbons (Fsp3) is 0.500. The largest absolute Gasteiger partial charge is 0.465 e. The van der Waals surface area contributed by atoms with Crippen molar-refractivity contribution < 1.29 is 9.90 Å². The third-order valence-electron chi connectivity index (χ3n) is 6.15. The van der Waals surface area contributed by atoms with Gasteiger partial charge in [0.1, 0.15) is 5.82 Å². The summed E-state index contributed by atoms with van der Waals surface area (Å²) in [5, 5.41) is 9.68. The van der Waals surface area contributed by atoms with E-state index in [1.807, 2.05) is 6.07 Å². The van der Waals surface area contributed by atoms with Crippen molar-refractivity contribution in [2.24, 2.45) is 5.92 Å². The lowest BCUT2D eigenvalue weighted by Crippen LogP contribution is -2.44. The van der Waals surface area contributed by atoms with Crippen LogP contribution in [0.2, 0.25) is 0 Å². The van der Waals surface area contributed by atoms with Crippen LogP contribution in [0, 0.1) is 5.92 Å². The maximum atomic E-state index is 11.8. The molecule has 0 bridgehead atoms. The molecule has 4 rings (SSSR count). The lowest BCUT2D eigenvalue weighted by atomic mass is 9.85. The Kier molecular flexibility index (Phi) is 5.51. The highest BCUT2D eigenvalue weighted by molar-refractivity contribution is 5.69. The minimum Gasteiger partial charge on any atom is -0.465 e.